The largest absolute Gasteiger partial charge is 0.385 e. The van der Waals surface area contributed by atoms with Gasteiger partial charge in [0.25, 0.3) is 0 Å². The van der Waals surface area contributed by atoms with Crippen LogP contribution in [0.3, 0.4) is 0 Å². The fourth-order valence-electron chi connectivity index (χ4n) is 3.48. The Hall–Kier alpha value is -1.41. The van der Waals surface area contributed by atoms with Crippen molar-refractivity contribution in [2.75, 3.05) is 0 Å². The summed E-state index contributed by atoms with van der Waals surface area (Å²) in [6.07, 6.45) is 4.19. The van der Waals surface area contributed by atoms with Crippen LogP contribution in [0.1, 0.15) is 43.9 Å². The zero-order chi connectivity index (χ0) is 13.5. The Morgan fingerprint density at radius 2 is 2.16 bits per heavy atom. The molecule has 0 amide bonds. The topological polar surface area (TPSA) is 33.1 Å². The lowest BCUT2D eigenvalue weighted by Gasteiger charge is -2.30. The molecule has 1 aliphatic rings. The number of aromatic nitrogens is 1. The van der Waals surface area contributed by atoms with Gasteiger partial charge in [-0.2, -0.15) is 0 Å². The first kappa shape index (κ1) is 12.6. The lowest BCUT2D eigenvalue weighted by molar-refractivity contribution is -0.00375. The van der Waals surface area contributed by atoms with Crippen molar-refractivity contribution in [2.45, 2.75) is 45.1 Å². The molecule has 1 aliphatic carbocycles. The fourth-order valence-corrected chi connectivity index (χ4v) is 3.48. The zero-order valence-electron chi connectivity index (χ0n) is 11.7. The predicted molar refractivity (Wildman–Crippen MR) is 78.0 cm³/mol. The van der Waals surface area contributed by atoms with Crippen LogP contribution in [0.2, 0.25) is 0 Å². The summed E-state index contributed by atoms with van der Waals surface area (Å²) in [5.41, 5.74) is 2.48. The maximum absolute atomic E-state index is 11.0. The van der Waals surface area contributed by atoms with E-state index in [9.17, 15) is 5.11 Å². The molecule has 1 N–H and O–H groups in total. The van der Waals surface area contributed by atoms with E-state index in [0.717, 1.165) is 47.8 Å². The zero-order valence-corrected chi connectivity index (χ0v) is 11.7. The van der Waals surface area contributed by atoms with Crippen molar-refractivity contribution in [1.29, 1.82) is 0 Å². The van der Waals surface area contributed by atoms with Crippen LogP contribution in [-0.4, -0.2) is 10.1 Å². The molecule has 0 spiro atoms. The van der Waals surface area contributed by atoms with Gasteiger partial charge >= 0.3 is 0 Å². The van der Waals surface area contributed by atoms with Crippen LogP contribution in [0.5, 0.6) is 0 Å². The third kappa shape index (κ3) is 2.04. The van der Waals surface area contributed by atoms with Crippen molar-refractivity contribution < 1.29 is 5.11 Å². The van der Waals surface area contributed by atoms with Crippen LogP contribution in [0.4, 0.5) is 0 Å². The van der Waals surface area contributed by atoms with E-state index in [-0.39, 0.29) is 0 Å². The van der Waals surface area contributed by atoms with Gasteiger partial charge in [-0.1, -0.05) is 25.5 Å². The first-order chi connectivity index (χ1) is 9.13. The van der Waals surface area contributed by atoms with Gasteiger partial charge in [0.2, 0.25) is 0 Å². The van der Waals surface area contributed by atoms with Crippen molar-refractivity contribution in [2.24, 2.45) is 5.92 Å². The summed E-state index contributed by atoms with van der Waals surface area (Å²) < 4.78 is 0. The average molecular weight is 255 g/mol. The molecule has 0 radical (unpaired) electrons. The van der Waals surface area contributed by atoms with Crippen LogP contribution in [0, 0.1) is 12.8 Å². The van der Waals surface area contributed by atoms with Crippen molar-refractivity contribution in [3.8, 4) is 0 Å². The second-order valence-corrected chi connectivity index (χ2v) is 5.78. The van der Waals surface area contributed by atoms with E-state index < -0.39 is 5.60 Å². The molecule has 1 aromatic heterocycles. The highest BCUT2D eigenvalue weighted by molar-refractivity contribution is 5.79. The summed E-state index contributed by atoms with van der Waals surface area (Å²) in [4.78, 5) is 4.52. The molecule has 2 nitrogen and oxygen atoms in total. The third-order valence-electron chi connectivity index (χ3n) is 4.61. The Kier molecular flexibility index (Phi) is 3.06. The smallest absolute Gasteiger partial charge is 0.0924 e. The van der Waals surface area contributed by atoms with Gasteiger partial charge in [-0.3, -0.25) is 4.98 Å². The highest BCUT2D eigenvalue weighted by Crippen LogP contribution is 2.45. The summed E-state index contributed by atoms with van der Waals surface area (Å²) in [5, 5.41) is 12.1. The number of fused-ring (bicyclic) bond motifs is 1. The summed E-state index contributed by atoms with van der Waals surface area (Å²) in [6.45, 7) is 4.18. The molecule has 19 heavy (non-hydrogen) atoms. The first-order valence-corrected chi connectivity index (χ1v) is 7.24. The molecule has 2 atom stereocenters. The molecule has 0 aliphatic heterocycles. The summed E-state index contributed by atoms with van der Waals surface area (Å²) >= 11 is 0. The molecule has 0 bridgehead atoms. The maximum atomic E-state index is 11.0. The molecule has 2 heteroatoms. The van der Waals surface area contributed by atoms with Gasteiger partial charge in [0, 0.05) is 11.1 Å². The molecule has 2 unspecified atom stereocenters. The minimum atomic E-state index is -0.631. The standard InChI is InChI=1S/C17H21NO/c1-3-14-5-4-10-17(14,19)15-8-9-16-13(11-15)7-6-12(2)18-16/h6-9,11,14,19H,3-5,10H2,1-2H3. The number of hydrogen-bond acceptors (Lipinski definition) is 2. The SMILES string of the molecule is CCC1CCCC1(O)c1ccc2nc(C)ccc2c1. The Labute approximate surface area is 114 Å². The maximum Gasteiger partial charge on any atom is 0.0924 e. The Balaban J connectivity index is 2.08. The molecule has 1 saturated carbocycles. The first-order valence-electron chi connectivity index (χ1n) is 7.24. The van der Waals surface area contributed by atoms with Gasteiger partial charge in [-0.15, -0.1) is 0 Å². The van der Waals surface area contributed by atoms with E-state index >= 15 is 0 Å². The molecule has 3 rings (SSSR count). The van der Waals surface area contributed by atoms with E-state index in [0.29, 0.717) is 5.92 Å². The van der Waals surface area contributed by atoms with E-state index in [1.54, 1.807) is 0 Å². The molecule has 1 fully saturated rings. The molecule has 1 aromatic carbocycles. The summed E-state index contributed by atoms with van der Waals surface area (Å²) in [7, 11) is 0. The van der Waals surface area contributed by atoms with Crippen LogP contribution in [0.25, 0.3) is 10.9 Å². The van der Waals surface area contributed by atoms with E-state index in [4.69, 9.17) is 0 Å². The Morgan fingerprint density at radius 1 is 1.32 bits per heavy atom. The average Bonchev–Trinajstić information content (AvgIpc) is 2.80. The highest BCUT2D eigenvalue weighted by Gasteiger charge is 2.41. The number of benzene rings is 1. The molecule has 100 valence electrons. The second-order valence-electron chi connectivity index (χ2n) is 5.78. The minimum Gasteiger partial charge on any atom is -0.385 e. The third-order valence-corrected chi connectivity index (χ3v) is 4.61. The highest BCUT2D eigenvalue weighted by atomic mass is 16.3. The quantitative estimate of drug-likeness (QED) is 0.881. The van der Waals surface area contributed by atoms with Crippen molar-refractivity contribution in [3.05, 3.63) is 41.6 Å². The van der Waals surface area contributed by atoms with Crippen molar-refractivity contribution in [3.63, 3.8) is 0 Å². The molecule has 0 saturated heterocycles. The summed E-state index contributed by atoms with van der Waals surface area (Å²) in [6, 6.07) is 10.3. The Bertz CT molecular complexity index is 607. The minimum absolute atomic E-state index is 0.392. The number of aliphatic hydroxyl groups is 1. The van der Waals surface area contributed by atoms with Crippen LogP contribution in [0.15, 0.2) is 30.3 Å². The Morgan fingerprint density at radius 3 is 2.95 bits per heavy atom. The van der Waals surface area contributed by atoms with Gasteiger partial charge in [0.1, 0.15) is 0 Å². The number of aryl methyl sites for hydroxylation is 1. The number of nitrogens with zero attached hydrogens (tertiary/aromatic N) is 1. The van der Waals surface area contributed by atoms with Crippen LogP contribution < -0.4 is 0 Å². The number of hydrogen-bond donors (Lipinski definition) is 1. The number of pyridine rings is 1. The lowest BCUT2D eigenvalue weighted by Crippen LogP contribution is -2.29. The monoisotopic (exact) mass is 255 g/mol. The molecule has 1 heterocycles. The van der Waals surface area contributed by atoms with Gasteiger partial charge in [-0.05, 0) is 55.9 Å². The van der Waals surface area contributed by atoms with Crippen molar-refractivity contribution in [1.82, 2.24) is 4.98 Å². The van der Waals surface area contributed by atoms with Crippen LogP contribution >= 0.6 is 0 Å². The normalized spacial score (nSPS) is 27.0. The van der Waals surface area contributed by atoms with Crippen LogP contribution in [-0.2, 0) is 5.60 Å². The van der Waals surface area contributed by atoms with Gasteiger partial charge in [-0.25, -0.2) is 0 Å². The fraction of sp³-hybridized carbons (Fsp3) is 0.471. The second kappa shape index (κ2) is 4.61. The van der Waals surface area contributed by atoms with E-state index in [1.807, 2.05) is 19.1 Å². The number of rotatable bonds is 2. The van der Waals surface area contributed by atoms with Gasteiger partial charge in [0.15, 0.2) is 0 Å². The molecular formula is C17H21NO. The predicted octanol–water partition coefficient (Wildman–Crippen LogP) is 3.94. The van der Waals surface area contributed by atoms with E-state index in [2.05, 4.69) is 30.1 Å². The van der Waals surface area contributed by atoms with Gasteiger partial charge in [0.05, 0.1) is 11.1 Å². The lowest BCUT2D eigenvalue weighted by atomic mass is 9.82. The molecule has 2 aromatic rings. The molecular weight excluding hydrogens is 234 g/mol. The van der Waals surface area contributed by atoms with Gasteiger partial charge < -0.3 is 5.11 Å². The van der Waals surface area contributed by atoms with E-state index in [1.165, 1.54) is 0 Å². The summed E-state index contributed by atoms with van der Waals surface area (Å²) in [5.74, 6) is 0.392. The van der Waals surface area contributed by atoms with Crippen molar-refractivity contribution >= 4 is 10.9 Å².